The van der Waals surface area contributed by atoms with Crippen LogP contribution in [-0.2, 0) is 10.5 Å². The molecule has 0 unspecified atom stereocenters. The lowest BCUT2D eigenvalue weighted by Gasteiger charge is -2.10. The van der Waals surface area contributed by atoms with Crippen molar-refractivity contribution in [2.75, 3.05) is 12.8 Å². The maximum Gasteiger partial charge on any atom is 0.340 e. The lowest BCUT2D eigenvalue weighted by molar-refractivity contribution is 0.0601. The van der Waals surface area contributed by atoms with Gasteiger partial charge in [-0.15, -0.1) is 11.8 Å². The maximum absolute atomic E-state index is 13.6. The first-order valence-electron chi connectivity index (χ1n) is 6.06. The van der Waals surface area contributed by atoms with Crippen LogP contribution in [0.3, 0.4) is 0 Å². The first kappa shape index (κ1) is 15.3. The van der Waals surface area contributed by atoms with Gasteiger partial charge in [0.15, 0.2) is 0 Å². The third-order valence-electron chi connectivity index (χ3n) is 2.85. The molecule has 21 heavy (non-hydrogen) atoms. The summed E-state index contributed by atoms with van der Waals surface area (Å²) in [5.74, 6) is -1.49. The topological polar surface area (TPSA) is 52.3 Å². The number of methoxy groups -OCH3 is 1. The summed E-state index contributed by atoms with van der Waals surface area (Å²) in [7, 11) is 1.27. The molecule has 2 N–H and O–H groups in total. The van der Waals surface area contributed by atoms with E-state index in [1.54, 1.807) is 18.2 Å². The highest BCUT2D eigenvalue weighted by Gasteiger charge is 2.16. The molecule has 0 aromatic heterocycles. The first-order chi connectivity index (χ1) is 10.0. The molecule has 0 spiro atoms. The van der Waals surface area contributed by atoms with Crippen LogP contribution in [0.2, 0.25) is 0 Å². The van der Waals surface area contributed by atoms with Gasteiger partial charge in [0.2, 0.25) is 0 Å². The standard InChI is InChI=1S/C15H13F2NO2S/c1-20-15(19)14-9(3-2-4-12(14)18)8-21-13-6-5-10(16)7-11(13)17/h2-7H,8,18H2,1H3. The van der Waals surface area contributed by atoms with Gasteiger partial charge in [-0.05, 0) is 23.8 Å². The molecule has 0 atom stereocenters. The molecule has 3 nitrogen and oxygen atoms in total. The van der Waals surface area contributed by atoms with Crippen molar-refractivity contribution in [3.63, 3.8) is 0 Å². The Morgan fingerprint density at radius 1 is 1.29 bits per heavy atom. The number of esters is 1. The number of anilines is 1. The van der Waals surface area contributed by atoms with E-state index in [1.165, 1.54) is 19.2 Å². The Morgan fingerprint density at radius 2 is 2.05 bits per heavy atom. The highest BCUT2D eigenvalue weighted by molar-refractivity contribution is 7.98. The maximum atomic E-state index is 13.6. The third kappa shape index (κ3) is 3.52. The van der Waals surface area contributed by atoms with Crippen LogP contribution in [0.15, 0.2) is 41.3 Å². The summed E-state index contributed by atoms with van der Waals surface area (Å²) in [6.07, 6.45) is 0. The smallest absolute Gasteiger partial charge is 0.340 e. The van der Waals surface area contributed by atoms with Crippen LogP contribution in [0.1, 0.15) is 15.9 Å². The number of hydrogen-bond donors (Lipinski definition) is 1. The van der Waals surface area contributed by atoms with E-state index in [-0.39, 0.29) is 5.56 Å². The largest absolute Gasteiger partial charge is 0.465 e. The normalized spacial score (nSPS) is 10.4. The highest BCUT2D eigenvalue weighted by Crippen LogP contribution is 2.29. The molecule has 2 aromatic carbocycles. The summed E-state index contributed by atoms with van der Waals surface area (Å²) >= 11 is 1.15. The predicted octanol–water partition coefficient (Wildman–Crippen LogP) is 3.63. The molecule has 0 aliphatic carbocycles. The zero-order chi connectivity index (χ0) is 15.4. The molecule has 6 heteroatoms. The third-order valence-corrected chi connectivity index (χ3v) is 3.95. The summed E-state index contributed by atoms with van der Waals surface area (Å²) in [5, 5.41) is 0. The summed E-state index contributed by atoms with van der Waals surface area (Å²) in [4.78, 5) is 12.0. The Hall–Kier alpha value is -2.08. The number of carbonyl (C=O) groups excluding carboxylic acids is 1. The van der Waals surface area contributed by atoms with Crippen LogP contribution in [0.4, 0.5) is 14.5 Å². The van der Waals surface area contributed by atoms with Gasteiger partial charge in [0, 0.05) is 22.4 Å². The van der Waals surface area contributed by atoms with Gasteiger partial charge in [-0.25, -0.2) is 13.6 Å². The van der Waals surface area contributed by atoms with Crippen molar-refractivity contribution in [2.24, 2.45) is 0 Å². The molecule has 0 heterocycles. The van der Waals surface area contributed by atoms with Crippen molar-refractivity contribution in [2.45, 2.75) is 10.6 Å². The Balaban J connectivity index is 2.24. The molecule has 0 bridgehead atoms. The minimum atomic E-state index is -0.636. The minimum Gasteiger partial charge on any atom is -0.465 e. The number of rotatable bonds is 4. The van der Waals surface area contributed by atoms with Crippen molar-refractivity contribution in [1.82, 2.24) is 0 Å². The van der Waals surface area contributed by atoms with Crippen LogP contribution >= 0.6 is 11.8 Å². The predicted molar refractivity (Wildman–Crippen MR) is 78.1 cm³/mol. The highest BCUT2D eigenvalue weighted by atomic mass is 32.2. The number of halogens is 2. The summed E-state index contributed by atoms with van der Waals surface area (Å²) < 4.78 is 31.1. The summed E-state index contributed by atoms with van der Waals surface area (Å²) in [6, 6.07) is 8.39. The van der Waals surface area contributed by atoms with E-state index >= 15 is 0 Å². The SMILES string of the molecule is COC(=O)c1c(N)cccc1CSc1ccc(F)cc1F. The Bertz CT molecular complexity index is 677. The first-order valence-corrected chi connectivity index (χ1v) is 7.05. The lowest BCUT2D eigenvalue weighted by Crippen LogP contribution is -2.09. The van der Waals surface area contributed by atoms with E-state index in [2.05, 4.69) is 0 Å². The second-order valence-corrected chi connectivity index (χ2v) is 5.25. The zero-order valence-corrected chi connectivity index (χ0v) is 12.0. The second-order valence-electron chi connectivity index (χ2n) is 4.24. The van der Waals surface area contributed by atoms with Crippen LogP contribution < -0.4 is 5.73 Å². The van der Waals surface area contributed by atoms with Crippen LogP contribution in [0, 0.1) is 11.6 Å². The molecular formula is C15H13F2NO2S. The Labute approximate surface area is 125 Å². The van der Waals surface area contributed by atoms with E-state index < -0.39 is 17.6 Å². The molecule has 2 rings (SSSR count). The molecule has 0 fully saturated rings. The number of nitrogen functional groups attached to an aromatic ring is 1. The van der Waals surface area contributed by atoms with E-state index in [9.17, 15) is 13.6 Å². The van der Waals surface area contributed by atoms with Crippen molar-refractivity contribution in [1.29, 1.82) is 0 Å². The van der Waals surface area contributed by atoms with E-state index in [0.717, 1.165) is 17.8 Å². The van der Waals surface area contributed by atoms with Gasteiger partial charge < -0.3 is 10.5 Å². The number of benzene rings is 2. The molecule has 0 saturated carbocycles. The molecule has 0 aliphatic heterocycles. The Morgan fingerprint density at radius 3 is 2.71 bits per heavy atom. The van der Waals surface area contributed by atoms with Gasteiger partial charge in [0.1, 0.15) is 11.6 Å². The number of ether oxygens (including phenoxy) is 1. The van der Waals surface area contributed by atoms with Crippen molar-refractivity contribution in [3.05, 3.63) is 59.2 Å². The molecule has 2 aromatic rings. The van der Waals surface area contributed by atoms with E-state index in [0.29, 0.717) is 21.9 Å². The average Bonchev–Trinajstić information content (AvgIpc) is 2.45. The van der Waals surface area contributed by atoms with Crippen LogP contribution in [0.5, 0.6) is 0 Å². The zero-order valence-electron chi connectivity index (χ0n) is 11.2. The van der Waals surface area contributed by atoms with Crippen molar-refractivity contribution in [3.8, 4) is 0 Å². The van der Waals surface area contributed by atoms with Gasteiger partial charge in [-0.3, -0.25) is 0 Å². The fourth-order valence-electron chi connectivity index (χ4n) is 1.84. The fraction of sp³-hybridized carbons (Fsp3) is 0.133. The number of thioether (sulfide) groups is 1. The minimum absolute atomic E-state index is 0.273. The molecule has 0 saturated heterocycles. The van der Waals surface area contributed by atoms with Crippen LogP contribution in [0.25, 0.3) is 0 Å². The van der Waals surface area contributed by atoms with Gasteiger partial charge >= 0.3 is 5.97 Å². The molecule has 0 aliphatic rings. The van der Waals surface area contributed by atoms with Gasteiger partial charge in [0.05, 0.1) is 12.7 Å². The molecule has 110 valence electrons. The molecular weight excluding hydrogens is 296 g/mol. The van der Waals surface area contributed by atoms with Crippen molar-refractivity contribution >= 4 is 23.4 Å². The lowest BCUT2D eigenvalue weighted by atomic mass is 10.1. The quantitative estimate of drug-likeness (QED) is 0.532. The van der Waals surface area contributed by atoms with Crippen molar-refractivity contribution < 1.29 is 18.3 Å². The summed E-state index contributed by atoms with van der Waals surface area (Å²) in [6.45, 7) is 0. The summed E-state index contributed by atoms with van der Waals surface area (Å²) in [5.41, 5.74) is 7.00. The fourth-order valence-corrected chi connectivity index (χ4v) is 2.75. The monoisotopic (exact) mass is 309 g/mol. The van der Waals surface area contributed by atoms with E-state index in [4.69, 9.17) is 10.5 Å². The Kier molecular flexibility index (Phi) is 4.80. The van der Waals surface area contributed by atoms with Gasteiger partial charge in [-0.2, -0.15) is 0 Å². The number of nitrogens with two attached hydrogens (primary N) is 1. The molecule has 0 amide bonds. The van der Waals surface area contributed by atoms with Gasteiger partial charge in [-0.1, -0.05) is 12.1 Å². The average molecular weight is 309 g/mol. The van der Waals surface area contributed by atoms with Crippen LogP contribution in [-0.4, -0.2) is 13.1 Å². The molecule has 0 radical (unpaired) electrons. The number of carbonyl (C=O) groups is 1. The second kappa shape index (κ2) is 6.58. The van der Waals surface area contributed by atoms with E-state index in [1.807, 2.05) is 0 Å². The number of hydrogen-bond acceptors (Lipinski definition) is 4. The van der Waals surface area contributed by atoms with Gasteiger partial charge in [0.25, 0.3) is 0 Å².